The van der Waals surface area contributed by atoms with Gasteiger partial charge in [-0.15, -0.1) is 0 Å². The van der Waals surface area contributed by atoms with Crippen molar-refractivity contribution in [1.82, 2.24) is 20.2 Å². The molecule has 0 spiro atoms. The molecule has 0 saturated carbocycles. The number of rotatable bonds is 6. The molecule has 0 radical (unpaired) electrons. The molecular formula is C23H16F4N6O2. The molecule has 0 saturated heterocycles. The van der Waals surface area contributed by atoms with E-state index in [9.17, 15) is 27.2 Å². The summed E-state index contributed by atoms with van der Waals surface area (Å²) in [4.78, 5) is 32.5. The fourth-order valence-corrected chi connectivity index (χ4v) is 3.37. The van der Waals surface area contributed by atoms with Crippen molar-refractivity contribution in [2.75, 3.05) is 5.32 Å². The minimum Gasteiger partial charge on any atom is -0.369 e. The first-order valence-corrected chi connectivity index (χ1v) is 10.0. The quantitative estimate of drug-likeness (QED) is 0.357. The van der Waals surface area contributed by atoms with Gasteiger partial charge in [-0.05, 0) is 18.2 Å². The fourth-order valence-electron chi connectivity index (χ4n) is 3.37. The molecule has 2 heterocycles. The van der Waals surface area contributed by atoms with E-state index in [2.05, 4.69) is 25.5 Å². The van der Waals surface area contributed by atoms with E-state index in [1.807, 2.05) is 0 Å². The van der Waals surface area contributed by atoms with Gasteiger partial charge in [-0.25, -0.2) is 14.4 Å². The predicted octanol–water partition coefficient (Wildman–Crippen LogP) is 3.97. The van der Waals surface area contributed by atoms with Crippen molar-refractivity contribution in [3.63, 3.8) is 0 Å². The standard InChI is InChI=1S/C23H16F4N6O2/c24-16-9-15(23(25,26)27)13(17-6-7-30-33-17)8-14(16)22(35)31-18-11-29-20(10-19(28)34)32-21(18)12-4-2-1-3-5-12/h1-9,11H,10H2,(H2,28,34)(H,30,33)(H,31,35). The minimum absolute atomic E-state index is 0.0458. The van der Waals surface area contributed by atoms with Crippen LogP contribution in [0.1, 0.15) is 21.7 Å². The van der Waals surface area contributed by atoms with Crippen LogP contribution in [0.5, 0.6) is 0 Å². The topological polar surface area (TPSA) is 127 Å². The van der Waals surface area contributed by atoms with E-state index >= 15 is 0 Å². The molecule has 0 aliphatic rings. The van der Waals surface area contributed by atoms with Gasteiger partial charge >= 0.3 is 6.18 Å². The van der Waals surface area contributed by atoms with Crippen LogP contribution >= 0.6 is 0 Å². The lowest BCUT2D eigenvalue weighted by Crippen LogP contribution is -2.19. The number of halogens is 4. The average molecular weight is 484 g/mol. The summed E-state index contributed by atoms with van der Waals surface area (Å²) in [5.41, 5.74) is 3.62. The Morgan fingerprint density at radius 3 is 2.46 bits per heavy atom. The number of alkyl halides is 3. The van der Waals surface area contributed by atoms with Crippen molar-refractivity contribution in [3.8, 4) is 22.5 Å². The third-order valence-electron chi connectivity index (χ3n) is 4.91. The lowest BCUT2D eigenvalue weighted by Gasteiger charge is -2.15. The molecule has 0 atom stereocenters. The van der Waals surface area contributed by atoms with E-state index in [1.54, 1.807) is 30.3 Å². The number of nitrogens with zero attached hydrogens (tertiary/aromatic N) is 3. The third kappa shape index (κ3) is 5.16. The molecule has 2 aromatic carbocycles. The average Bonchev–Trinajstić information content (AvgIpc) is 3.34. The Hall–Kier alpha value is -4.61. The number of benzene rings is 2. The molecule has 2 aromatic heterocycles. The maximum absolute atomic E-state index is 14.7. The lowest BCUT2D eigenvalue weighted by atomic mass is 9.99. The Kier molecular flexibility index (Phi) is 6.28. The highest BCUT2D eigenvalue weighted by molar-refractivity contribution is 6.06. The largest absolute Gasteiger partial charge is 0.417 e. The van der Waals surface area contributed by atoms with E-state index in [0.717, 1.165) is 6.07 Å². The summed E-state index contributed by atoms with van der Waals surface area (Å²) in [6, 6.07) is 10.9. The van der Waals surface area contributed by atoms with Crippen molar-refractivity contribution in [2.45, 2.75) is 12.6 Å². The molecule has 2 amide bonds. The maximum Gasteiger partial charge on any atom is 0.417 e. The molecule has 4 N–H and O–H groups in total. The zero-order valence-corrected chi connectivity index (χ0v) is 17.7. The van der Waals surface area contributed by atoms with Gasteiger partial charge < -0.3 is 11.1 Å². The van der Waals surface area contributed by atoms with Crippen molar-refractivity contribution in [3.05, 3.63) is 83.7 Å². The first-order chi connectivity index (χ1) is 16.6. The van der Waals surface area contributed by atoms with Gasteiger partial charge in [-0.2, -0.15) is 18.3 Å². The number of H-pyrrole nitrogens is 1. The summed E-state index contributed by atoms with van der Waals surface area (Å²) in [5, 5.41) is 8.47. The molecule has 8 nitrogen and oxygen atoms in total. The monoisotopic (exact) mass is 484 g/mol. The molecule has 0 aliphatic carbocycles. The smallest absolute Gasteiger partial charge is 0.369 e. The van der Waals surface area contributed by atoms with Crippen LogP contribution in [0.3, 0.4) is 0 Å². The molecule has 12 heteroatoms. The summed E-state index contributed by atoms with van der Waals surface area (Å²) in [6.45, 7) is 0. The van der Waals surface area contributed by atoms with Crippen LogP contribution in [0.25, 0.3) is 22.5 Å². The number of aromatic amines is 1. The Labute approximate surface area is 195 Å². The number of hydrogen-bond donors (Lipinski definition) is 3. The normalized spacial score (nSPS) is 11.3. The zero-order chi connectivity index (χ0) is 25.2. The number of nitrogens with two attached hydrogens (primary N) is 1. The molecule has 35 heavy (non-hydrogen) atoms. The van der Waals surface area contributed by atoms with Crippen LogP contribution in [0, 0.1) is 5.82 Å². The Bertz CT molecular complexity index is 1390. The summed E-state index contributed by atoms with van der Waals surface area (Å²) >= 11 is 0. The number of nitrogens with one attached hydrogen (secondary N) is 2. The van der Waals surface area contributed by atoms with Crippen LogP contribution in [-0.4, -0.2) is 32.0 Å². The minimum atomic E-state index is -4.87. The summed E-state index contributed by atoms with van der Waals surface area (Å²) in [6.07, 6.45) is -2.69. The number of amides is 2. The second-order valence-electron chi connectivity index (χ2n) is 7.36. The van der Waals surface area contributed by atoms with E-state index in [1.165, 1.54) is 18.5 Å². The van der Waals surface area contributed by atoms with E-state index < -0.39 is 40.5 Å². The van der Waals surface area contributed by atoms with Crippen molar-refractivity contribution >= 4 is 17.5 Å². The molecule has 178 valence electrons. The van der Waals surface area contributed by atoms with Gasteiger partial charge in [0.25, 0.3) is 5.91 Å². The van der Waals surface area contributed by atoms with Gasteiger partial charge in [0, 0.05) is 17.3 Å². The van der Waals surface area contributed by atoms with Crippen LogP contribution in [0.15, 0.2) is 60.9 Å². The number of carbonyl (C=O) groups is 2. The number of aromatic nitrogens is 4. The van der Waals surface area contributed by atoms with Crippen LogP contribution < -0.4 is 11.1 Å². The van der Waals surface area contributed by atoms with E-state index in [4.69, 9.17) is 5.73 Å². The number of primary amides is 1. The SMILES string of the molecule is NC(=O)Cc1ncc(NC(=O)c2cc(-c3ccn[nH]3)c(C(F)(F)F)cc2F)c(-c2ccccc2)n1. The number of anilines is 1. The molecule has 0 aliphatic heterocycles. The van der Waals surface area contributed by atoms with E-state index in [-0.39, 0.29) is 35.4 Å². The highest BCUT2D eigenvalue weighted by Gasteiger charge is 2.36. The highest BCUT2D eigenvalue weighted by atomic mass is 19.4. The Balaban J connectivity index is 1.76. The van der Waals surface area contributed by atoms with Crippen molar-refractivity contribution < 1.29 is 27.2 Å². The second kappa shape index (κ2) is 9.33. The highest BCUT2D eigenvalue weighted by Crippen LogP contribution is 2.38. The first kappa shape index (κ1) is 23.5. The number of hydrogen-bond acceptors (Lipinski definition) is 5. The second-order valence-corrected chi connectivity index (χ2v) is 7.36. The molecule has 4 aromatic rings. The summed E-state index contributed by atoms with van der Waals surface area (Å²) in [7, 11) is 0. The van der Waals surface area contributed by atoms with Gasteiger partial charge in [0.05, 0.1) is 40.8 Å². The summed E-state index contributed by atoms with van der Waals surface area (Å²) in [5.74, 6) is -2.97. The van der Waals surface area contributed by atoms with Crippen LogP contribution in [0.4, 0.5) is 23.2 Å². The van der Waals surface area contributed by atoms with Crippen molar-refractivity contribution in [2.24, 2.45) is 5.73 Å². The zero-order valence-electron chi connectivity index (χ0n) is 17.7. The lowest BCUT2D eigenvalue weighted by molar-refractivity contribution is -0.137. The first-order valence-electron chi connectivity index (χ1n) is 10.0. The van der Waals surface area contributed by atoms with Crippen molar-refractivity contribution in [1.29, 1.82) is 0 Å². The number of carbonyl (C=O) groups excluding carboxylic acids is 2. The third-order valence-corrected chi connectivity index (χ3v) is 4.91. The van der Waals surface area contributed by atoms with Crippen LogP contribution in [-0.2, 0) is 17.4 Å². The molecule has 0 fully saturated rings. The molecular weight excluding hydrogens is 468 g/mol. The van der Waals surface area contributed by atoms with Gasteiger partial charge in [0.15, 0.2) is 0 Å². The Morgan fingerprint density at radius 2 is 1.83 bits per heavy atom. The van der Waals surface area contributed by atoms with E-state index in [0.29, 0.717) is 5.56 Å². The molecule has 0 unspecified atom stereocenters. The predicted molar refractivity (Wildman–Crippen MR) is 117 cm³/mol. The molecule has 4 rings (SSSR count). The Morgan fingerprint density at radius 1 is 1.09 bits per heavy atom. The van der Waals surface area contributed by atoms with Crippen LogP contribution in [0.2, 0.25) is 0 Å². The van der Waals surface area contributed by atoms with Gasteiger partial charge in [0.2, 0.25) is 5.91 Å². The molecule has 0 bridgehead atoms. The fraction of sp³-hybridized carbons (Fsp3) is 0.0870. The van der Waals surface area contributed by atoms with Gasteiger partial charge in [0.1, 0.15) is 11.6 Å². The summed E-state index contributed by atoms with van der Waals surface area (Å²) < 4.78 is 55.3. The maximum atomic E-state index is 14.7. The van der Waals surface area contributed by atoms with Gasteiger partial charge in [-0.1, -0.05) is 30.3 Å². The van der Waals surface area contributed by atoms with Gasteiger partial charge in [-0.3, -0.25) is 14.7 Å².